The quantitative estimate of drug-likeness (QED) is 0.499. The molecule has 3 aromatic rings. The van der Waals surface area contributed by atoms with Gasteiger partial charge in [-0.15, -0.1) is 11.3 Å². The van der Waals surface area contributed by atoms with E-state index in [9.17, 15) is 4.79 Å². The normalized spacial score (nSPS) is 24.2. The smallest absolute Gasteiger partial charge is 0.162 e. The molecule has 0 saturated carbocycles. The topological polar surface area (TPSA) is 23.6 Å². The van der Waals surface area contributed by atoms with Crippen LogP contribution in [0.25, 0.3) is 0 Å². The number of carbonyl (C=O) groups is 1. The van der Waals surface area contributed by atoms with E-state index < -0.39 is 5.66 Å². The molecule has 5 rings (SSSR count). The van der Waals surface area contributed by atoms with E-state index in [0.717, 1.165) is 29.8 Å². The summed E-state index contributed by atoms with van der Waals surface area (Å²) < 4.78 is 0. The molecule has 0 amide bonds. The third kappa shape index (κ3) is 2.82. The Kier molecular flexibility index (Phi) is 4.75. The zero-order valence-electron chi connectivity index (χ0n) is 17.4. The van der Waals surface area contributed by atoms with Crippen molar-refractivity contribution in [2.24, 2.45) is 0 Å². The molecule has 3 nitrogen and oxygen atoms in total. The van der Waals surface area contributed by atoms with Crippen molar-refractivity contribution in [3.8, 4) is 0 Å². The van der Waals surface area contributed by atoms with Crippen LogP contribution in [0, 0.1) is 0 Å². The first-order valence-corrected chi connectivity index (χ1v) is 11.5. The summed E-state index contributed by atoms with van der Waals surface area (Å²) in [6.07, 6.45) is 2.49. The summed E-state index contributed by atoms with van der Waals surface area (Å²) in [5.74, 6) is 0.291. The highest BCUT2D eigenvalue weighted by Gasteiger charge is 2.51. The molecular formula is C26H26N2OS. The summed E-state index contributed by atoms with van der Waals surface area (Å²) in [5.41, 5.74) is 3.98. The molecule has 1 aliphatic heterocycles. The largest absolute Gasteiger partial charge is 0.337 e. The monoisotopic (exact) mass is 414 g/mol. The second kappa shape index (κ2) is 7.44. The molecule has 1 aromatic heterocycles. The fourth-order valence-electron chi connectivity index (χ4n) is 5.25. The van der Waals surface area contributed by atoms with Gasteiger partial charge in [0, 0.05) is 29.1 Å². The number of ketones is 1. The van der Waals surface area contributed by atoms with Crippen LogP contribution in [-0.4, -0.2) is 11.8 Å². The van der Waals surface area contributed by atoms with Crippen LogP contribution in [0.4, 0.5) is 11.4 Å². The first-order valence-electron chi connectivity index (χ1n) is 10.6. The molecule has 0 radical (unpaired) electrons. The van der Waals surface area contributed by atoms with E-state index in [0.29, 0.717) is 12.2 Å². The zero-order valence-corrected chi connectivity index (χ0v) is 18.2. The molecule has 1 aliphatic carbocycles. The van der Waals surface area contributed by atoms with Crippen molar-refractivity contribution in [2.45, 2.75) is 44.8 Å². The van der Waals surface area contributed by atoms with Gasteiger partial charge in [0.05, 0.1) is 10.9 Å². The summed E-state index contributed by atoms with van der Waals surface area (Å²) in [4.78, 5) is 19.3. The maximum atomic E-state index is 13.2. The van der Waals surface area contributed by atoms with Gasteiger partial charge >= 0.3 is 0 Å². The lowest BCUT2D eigenvalue weighted by atomic mass is 9.82. The molecule has 0 saturated heterocycles. The lowest BCUT2D eigenvalue weighted by Crippen LogP contribution is -2.64. The zero-order chi connectivity index (χ0) is 20.7. The summed E-state index contributed by atoms with van der Waals surface area (Å²) >= 11 is 1.78. The van der Waals surface area contributed by atoms with Crippen molar-refractivity contribution in [1.82, 2.24) is 0 Å². The number of hydrogen-bond donors (Lipinski definition) is 0. The number of carbonyl (C=O) groups excluding carboxylic acids is 1. The van der Waals surface area contributed by atoms with Crippen molar-refractivity contribution in [3.05, 3.63) is 94.3 Å². The Labute approximate surface area is 182 Å². The van der Waals surface area contributed by atoms with E-state index >= 15 is 0 Å². The Bertz CT molecular complexity index is 1070. The number of para-hydroxylation sites is 2. The molecule has 30 heavy (non-hydrogen) atoms. The molecule has 0 bridgehead atoms. The Balaban J connectivity index is 1.84. The molecule has 2 atom stereocenters. The third-order valence-corrected chi connectivity index (χ3v) is 7.51. The molecule has 4 heteroatoms. The number of benzene rings is 2. The fraction of sp³-hybridized carbons (Fsp3) is 0.269. The van der Waals surface area contributed by atoms with Crippen molar-refractivity contribution in [2.75, 3.05) is 9.80 Å². The van der Waals surface area contributed by atoms with Crippen LogP contribution >= 0.6 is 11.3 Å². The van der Waals surface area contributed by atoms with Crippen molar-refractivity contribution < 1.29 is 4.79 Å². The Morgan fingerprint density at radius 3 is 2.20 bits per heavy atom. The molecule has 2 aliphatic rings. The predicted molar refractivity (Wildman–Crippen MR) is 125 cm³/mol. The minimum Gasteiger partial charge on any atom is -0.337 e. The fourth-order valence-corrected chi connectivity index (χ4v) is 6.13. The van der Waals surface area contributed by atoms with E-state index in [1.165, 1.54) is 10.6 Å². The second-order valence-corrected chi connectivity index (χ2v) is 9.14. The van der Waals surface area contributed by atoms with Gasteiger partial charge in [0.15, 0.2) is 11.4 Å². The van der Waals surface area contributed by atoms with Crippen LogP contribution in [0.3, 0.4) is 0 Å². The standard InChI is InChI=1S/C26H26N2OS/c1-19-25-22(15-9-16-23(25)29)28(21-13-7-4-8-14-21)26(2,24-17-10-18-30-24)27(19)20-11-5-3-6-12-20/h3-8,10-14,17-19H,9,15-16H2,1-2H3. The summed E-state index contributed by atoms with van der Waals surface area (Å²) in [5, 5.41) is 2.15. The Morgan fingerprint density at radius 1 is 0.900 bits per heavy atom. The van der Waals surface area contributed by atoms with E-state index in [4.69, 9.17) is 0 Å². The van der Waals surface area contributed by atoms with Gasteiger partial charge in [-0.1, -0.05) is 42.5 Å². The number of Topliss-reactive ketones (excluding diaryl/α,β-unsaturated/α-hetero) is 1. The molecular weight excluding hydrogens is 388 g/mol. The lowest BCUT2D eigenvalue weighted by Gasteiger charge is -2.58. The summed E-state index contributed by atoms with van der Waals surface area (Å²) in [6, 6.07) is 25.4. The van der Waals surface area contributed by atoms with E-state index in [1.807, 2.05) is 6.07 Å². The van der Waals surface area contributed by atoms with Gasteiger partial charge in [0.25, 0.3) is 0 Å². The van der Waals surface area contributed by atoms with Gasteiger partial charge in [-0.2, -0.15) is 0 Å². The molecule has 2 aromatic carbocycles. The second-order valence-electron chi connectivity index (χ2n) is 8.19. The van der Waals surface area contributed by atoms with Gasteiger partial charge in [0.2, 0.25) is 0 Å². The summed E-state index contributed by atoms with van der Waals surface area (Å²) in [6.45, 7) is 4.50. The maximum absolute atomic E-state index is 13.2. The Morgan fingerprint density at radius 2 is 1.57 bits per heavy atom. The van der Waals surface area contributed by atoms with Gasteiger partial charge in [-0.25, -0.2) is 0 Å². The molecule has 152 valence electrons. The van der Waals surface area contributed by atoms with E-state index in [1.54, 1.807) is 11.3 Å². The molecule has 2 heterocycles. The predicted octanol–water partition coefficient (Wildman–Crippen LogP) is 6.34. The van der Waals surface area contributed by atoms with Crippen LogP contribution in [0.15, 0.2) is 89.4 Å². The number of hydrogen-bond acceptors (Lipinski definition) is 4. The number of allylic oxidation sites excluding steroid dienone is 1. The molecule has 0 spiro atoms. The number of rotatable bonds is 3. The summed E-state index contributed by atoms with van der Waals surface area (Å²) in [7, 11) is 0. The SMILES string of the molecule is CC1C2=C(CCCC2=O)N(c2ccccc2)C(C)(c2cccs2)N1c1ccccc1. The average molecular weight is 415 g/mol. The highest BCUT2D eigenvalue weighted by Crippen LogP contribution is 2.51. The highest BCUT2D eigenvalue weighted by atomic mass is 32.1. The molecule has 0 N–H and O–H groups in total. The molecule has 0 fully saturated rings. The van der Waals surface area contributed by atoms with Crippen LogP contribution in [0.5, 0.6) is 0 Å². The molecule has 2 unspecified atom stereocenters. The van der Waals surface area contributed by atoms with Gasteiger partial charge < -0.3 is 9.80 Å². The third-order valence-electron chi connectivity index (χ3n) is 6.44. The van der Waals surface area contributed by atoms with Crippen LogP contribution in [0.2, 0.25) is 0 Å². The van der Waals surface area contributed by atoms with Gasteiger partial charge in [-0.3, -0.25) is 4.79 Å². The van der Waals surface area contributed by atoms with Gasteiger partial charge in [-0.05, 0) is 62.4 Å². The minimum atomic E-state index is -0.438. The van der Waals surface area contributed by atoms with Crippen molar-refractivity contribution in [1.29, 1.82) is 0 Å². The Hall–Kier alpha value is -2.85. The van der Waals surface area contributed by atoms with Crippen LogP contribution in [0.1, 0.15) is 38.0 Å². The van der Waals surface area contributed by atoms with Crippen LogP contribution < -0.4 is 9.80 Å². The lowest BCUT2D eigenvalue weighted by molar-refractivity contribution is -0.116. The number of nitrogens with zero attached hydrogens (tertiary/aromatic N) is 2. The maximum Gasteiger partial charge on any atom is 0.162 e. The number of anilines is 2. The van der Waals surface area contributed by atoms with Gasteiger partial charge in [0.1, 0.15) is 0 Å². The number of thiophene rings is 1. The van der Waals surface area contributed by atoms with Crippen LogP contribution in [-0.2, 0) is 10.5 Å². The van der Waals surface area contributed by atoms with Crippen molar-refractivity contribution in [3.63, 3.8) is 0 Å². The van der Waals surface area contributed by atoms with Crippen molar-refractivity contribution >= 4 is 28.5 Å². The highest BCUT2D eigenvalue weighted by molar-refractivity contribution is 7.10. The average Bonchev–Trinajstić information content (AvgIpc) is 3.31. The van der Waals surface area contributed by atoms with E-state index in [-0.39, 0.29) is 6.04 Å². The minimum absolute atomic E-state index is 0.00209. The van der Waals surface area contributed by atoms with E-state index in [2.05, 4.69) is 95.8 Å². The first kappa shape index (κ1) is 19.1. The first-order chi connectivity index (χ1) is 14.6.